The SMILES string of the molecule is C[C@@]1(CO)CCC[C@@H]1NC(=O)c1cc(Cl)c2c(c1)OCO2. The monoisotopic (exact) mass is 311 g/mol. The average Bonchev–Trinajstić information content (AvgIpc) is 3.07. The summed E-state index contributed by atoms with van der Waals surface area (Å²) < 4.78 is 10.5. The summed E-state index contributed by atoms with van der Waals surface area (Å²) in [5.74, 6) is 0.764. The Hall–Kier alpha value is -1.46. The maximum absolute atomic E-state index is 12.4. The van der Waals surface area contributed by atoms with Gasteiger partial charge in [-0.05, 0) is 25.0 Å². The van der Waals surface area contributed by atoms with Crippen LogP contribution >= 0.6 is 11.6 Å². The minimum absolute atomic E-state index is 0.0285. The smallest absolute Gasteiger partial charge is 0.251 e. The highest BCUT2D eigenvalue weighted by molar-refractivity contribution is 6.32. The fourth-order valence-electron chi connectivity index (χ4n) is 3.01. The number of nitrogens with one attached hydrogen (secondary N) is 1. The minimum atomic E-state index is -0.254. The molecule has 1 aliphatic heterocycles. The van der Waals surface area contributed by atoms with Crippen LogP contribution in [-0.2, 0) is 0 Å². The predicted octanol–water partition coefficient (Wildman–Crippen LogP) is 2.35. The topological polar surface area (TPSA) is 67.8 Å². The molecule has 2 atom stereocenters. The Kier molecular flexibility index (Phi) is 3.71. The molecule has 5 nitrogen and oxygen atoms in total. The van der Waals surface area contributed by atoms with Crippen LogP contribution in [0.1, 0.15) is 36.5 Å². The Balaban J connectivity index is 1.79. The number of fused-ring (bicyclic) bond motifs is 1. The number of amides is 1. The number of benzene rings is 1. The van der Waals surface area contributed by atoms with Crippen molar-refractivity contribution in [1.29, 1.82) is 0 Å². The molecule has 0 aromatic heterocycles. The van der Waals surface area contributed by atoms with E-state index >= 15 is 0 Å². The van der Waals surface area contributed by atoms with Crippen molar-refractivity contribution < 1.29 is 19.4 Å². The summed E-state index contributed by atoms with van der Waals surface area (Å²) in [7, 11) is 0. The third-order valence-corrected chi connectivity index (χ3v) is 4.72. The average molecular weight is 312 g/mol. The zero-order chi connectivity index (χ0) is 15.0. The van der Waals surface area contributed by atoms with E-state index in [2.05, 4.69) is 5.32 Å². The van der Waals surface area contributed by atoms with Crippen LogP contribution in [0.2, 0.25) is 5.02 Å². The molecular formula is C15H18ClNO4. The standard InChI is InChI=1S/C15H18ClNO4/c1-15(7-18)4-2-3-12(15)17-14(19)9-5-10(16)13-11(6-9)20-8-21-13/h5-6,12,18H,2-4,7-8H2,1H3,(H,17,19)/t12-,15-/m0/s1. The molecule has 0 saturated heterocycles. The number of ether oxygens (including phenoxy) is 2. The summed E-state index contributed by atoms with van der Waals surface area (Å²) >= 11 is 6.09. The van der Waals surface area contributed by atoms with Crippen molar-refractivity contribution in [2.45, 2.75) is 32.2 Å². The van der Waals surface area contributed by atoms with Gasteiger partial charge in [0.25, 0.3) is 5.91 Å². The number of hydrogen-bond donors (Lipinski definition) is 2. The van der Waals surface area contributed by atoms with Crippen molar-refractivity contribution in [3.8, 4) is 11.5 Å². The first-order chi connectivity index (χ1) is 10.0. The summed E-state index contributed by atoms with van der Waals surface area (Å²) in [5, 5.41) is 12.9. The highest BCUT2D eigenvalue weighted by Crippen LogP contribution is 2.40. The summed E-state index contributed by atoms with van der Waals surface area (Å²) in [6.45, 7) is 2.18. The highest BCUT2D eigenvalue weighted by Gasteiger charge is 2.39. The van der Waals surface area contributed by atoms with Crippen molar-refractivity contribution in [1.82, 2.24) is 5.32 Å². The van der Waals surface area contributed by atoms with Gasteiger partial charge in [0.05, 0.1) is 11.6 Å². The van der Waals surface area contributed by atoms with Crippen LogP contribution in [0.4, 0.5) is 0 Å². The number of carbonyl (C=O) groups is 1. The van der Waals surface area contributed by atoms with Crippen LogP contribution in [0.25, 0.3) is 0 Å². The van der Waals surface area contributed by atoms with Crippen molar-refractivity contribution in [2.75, 3.05) is 13.4 Å². The lowest BCUT2D eigenvalue weighted by Gasteiger charge is -2.30. The van der Waals surface area contributed by atoms with Crippen LogP contribution in [-0.4, -0.2) is 30.5 Å². The van der Waals surface area contributed by atoms with Gasteiger partial charge in [-0.15, -0.1) is 0 Å². The fraction of sp³-hybridized carbons (Fsp3) is 0.533. The molecule has 2 N–H and O–H groups in total. The van der Waals surface area contributed by atoms with E-state index in [4.69, 9.17) is 21.1 Å². The molecule has 6 heteroatoms. The lowest BCUT2D eigenvalue weighted by Crippen LogP contribution is -2.44. The summed E-state index contributed by atoms with van der Waals surface area (Å²) in [5.41, 5.74) is 0.187. The minimum Gasteiger partial charge on any atom is -0.454 e. The van der Waals surface area contributed by atoms with Crippen LogP contribution in [0.15, 0.2) is 12.1 Å². The first kappa shape index (κ1) is 14.5. The highest BCUT2D eigenvalue weighted by atomic mass is 35.5. The Morgan fingerprint density at radius 2 is 2.33 bits per heavy atom. The van der Waals surface area contributed by atoms with E-state index in [-0.39, 0.29) is 30.8 Å². The molecule has 0 unspecified atom stereocenters. The second kappa shape index (κ2) is 5.39. The van der Waals surface area contributed by atoms with Crippen molar-refractivity contribution in [3.05, 3.63) is 22.7 Å². The lowest BCUT2D eigenvalue weighted by atomic mass is 9.85. The van der Waals surface area contributed by atoms with E-state index in [1.165, 1.54) is 0 Å². The molecule has 1 aromatic rings. The van der Waals surface area contributed by atoms with Crippen molar-refractivity contribution in [3.63, 3.8) is 0 Å². The molecule has 21 heavy (non-hydrogen) atoms. The Labute approximate surface area is 128 Å². The number of aliphatic hydroxyl groups excluding tert-OH is 1. The fourth-order valence-corrected chi connectivity index (χ4v) is 3.27. The first-order valence-electron chi connectivity index (χ1n) is 7.04. The molecular weight excluding hydrogens is 294 g/mol. The van der Waals surface area contributed by atoms with Gasteiger partial charge in [-0.2, -0.15) is 0 Å². The number of rotatable bonds is 3. The van der Waals surface area contributed by atoms with Gasteiger partial charge in [-0.3, -0.25) is 4.79 Å². The number of hydrogen-bond acceptors (Lipinski definition) is 4. The van der Waals surface area contributed by atoms with E-state index in [1.54, 1.807) is 12.1 Å². The molecule has 1 saturated carbocycles. The zero-order valence-corrected chi connectivity index (χ0v) is 12.6. The van der Waals surface area contributed by atoms with Gasteiger partial charge in [0.2, 0.25) is 6.79 Å². The molecule has 0 radical (unpaired) electrons. The van der Waals surface area contributed by atoms with E-state index in [1.807, 2.05) is 6.92 Å². The maximum atomic E-state index is 12.4. The van der Waals surface area contributed by atoms with Crippen molar-refractivity contribution >= 4 is 17.5 Å². The zero-order valence-electron chi connectivity index (χ0n) is 11.8. The lowest BCUT2D eigenvalue weighted by molar-refractivity contribution is 0.0830. The van der Waals surface area contributed by atoms with Crippen LogP contribution in [0.3, 0.4) is 0 Å². The number of halogens is 1. The predicted molar refractivity (Wildman–Crippen MR) is 77.9 cm³/mol. The van der Waals surface area contributed by atoms with Gasteiger partial charge in [-0.25, -0.2) is 0 Å². The normalized spacial score (nSPS) is 26.9. The van der Waals surface area contributed by atoms with Crippen LogP contribution < -0.4 is 14.8 Å². The number of aliphatic hydroxyl groups is 1. The molecule has 1 amide bonds. The van der Waals surface area contributed by atoms with E-state index < -0.39 is 0 Å². The Morgan fingerprint density at radius 3 is 3.10 bits per heavy atom. The van der Waals surface area contributed by atoms with E-state index in [0.717, 1.165) is 19.3 Å². The molecule has 1 aliphatic carbocycles. The molecule has 3 rings (SSSR count). The van der Waals surface area contributed by atoms with E-state index in [0.29, 0.717) is 22.1 Å². The van der Waals surface area contributed by atoms with E-state index in [9.17, 15) is 9.90 Å². The summed E-state index contributed by atoms with van der Waals surface area (Å²) in [6.07, 6.45) is 2.79. The molecule has 1 heterocycles. The third-order valence-electron chi connectivity index (χ3n) is 4.44. The Morgan fingerprint density at radius 1 is 1.52 bits per heavy atom. The van der Waals surface area contributed by atoms with Crippen LogP contribution in [0, 0.1) is 5.41 Å². The van der Waals surface area contributed by atoms with Gasteiger partial charge in [0, 0.05) is 17.0 Å². The van der Waals surface area contributed by atoms with Crippen molar-refractivity contribution in [2.24, 2.45) is 5.41 Å². The maximum Gasteiger partial charge on any atom is 0.251 e. The summed E-state index contributed by atoms with van der Waals surface area (Å²) in [4.78, 5) is 12.4. The number of carbonyl (C=O) groups excluding carboxylic acids is 1. The molecule has 114 valence electrons. The molecule has 0 bridgehead atoms. The molecule has 1 aromatic carbocycles. The third kappa shape index (κ3) is 2.56. The van der Waals surface area contributed by atoms with Gasteiger partial charge in [-0.1, -0.05) is 24.9 Å². The molecule has 2 aliphatic rings. The first-order valence-corrected chi connectivity index (χ1v) is 7.42. The largest absolute Gasteiger partial charge is 0.454 e. The van der Waals surface area contributed by atoms with Gasteiger partial charge >= 0.3 is 0 Å². The second-order valence-electron chi connectivity index (χ2n) is 5.92. The quantitative estimate of drug-likeness (QED) is 0.899. The molecule has 1 fully saturated rings. The van der Waals surface area contributed by atoms with Crippen LogP contribution in [0.5, 0.6) is 11.5 Å². The summed E-state index contributed by atoms with van der Waals surface area (Å²) in [6, 6.07) is 3.18. The van der Waals surface area contributed by atoms with Gasteiger partial charge in [0.1, 0.15) is 0 Å². The molecule has 0 spiro atoms. The van der Waals surface area contributed by atoms with Gasteiger partial charge in [0.15, 0.2) is 11.5 Å². The Bertz CT molecular complexity index is 577. The van der Waals surface area contributed by atoms with Gasteiger partial charge < -0.3 is 19.9 Å². The second-order valence-corrected chi connectivity index (χ2v) is 6.33.